The molecule has 1 aromatic carbocycles. The second kappa shape index (κ2) is 6.32. The SMILES string of the molecule is Cc1ccnc(N=C2NC(=O)C(Cc3ccccc3C)S2)c1. The molecular weight excluding hydrogens is 294 g/mol. The minimum atomic E-state index is -0.135. The van der Waals surface area contributed by atoms with Crippen LogP contribution in [-0.2, 0) is 11.2 Å². The number of aliphatic imine (C=N–C) groups is 1. The van der Waals surface area contributed by atoms with Crippen LogP contribution < -0.4 is 5.32 Å². The Hall–Kier alpha value is -2.14. The van der Waals surface area contributed by atoms with Crippen molar-refractivity contribution < 1.29 is 4.79 Å². The van der Waals surface area contributed by atoms with E-state index in [1.165, 1.54) is 22.9 Å². The summed E-state index contributed by atoms with van der Waals surface area (Å²) in [5.41, 5.74) is 3.51. The number of hydrogen-bond acceptors (Lipinski definition) is 4. The van der Waals surface area contributed by atoms with Gasteiger partial charge in [0.05, 0.1) is 5.25 Å². The molecule has 112 valence electrons. The maximum absolute atomic E-state index is 12.1. The molecule has 0 saturated carbocycles. The van der Waals surface area contributed by atoms with Gasteiger partial charge in [0.1, 0.15) is 0 Å². The summed E-state index contributed by atoms with van der Waals surface area (Å²) < 4.78 is 0. The summed E-state index contributed by atoms with van der Waals surface area (Å²) in [5, 5.41) is 3.34. The summed E-state index contributed by atoms with van der Waals surface area (Å²) in [6.45, 7) is 4.06. The van der Waals surface area contributed by atoms with Gasteiger partial charge in [0.15, 0.2) is 11.0 Å². The lowest BCUT2D eigenvalue weighted by atomic mass is 10.0. The van der Waals surface area contributed by atoms with Crippen molar-refractivity contribution in [2.24, 2.45) is 4.99 Å². The third kappa shape index (κ3) is 3.36. The first-order chi connectivity index (χ1) is 10.6. The van der Waals surface area contributed by atoms with Crippen LogP contribution in [0, 0.1) is 13.8 Å². The number of nitrogens with zero attached hydrogens (tertiary/aromatic N) is 2. The number of pyridine rings is 1. The van der Waals surface area contributed by atoms with E-state index in [-0.39, 0.29) is 11.2 Å². The maximum Gasteiger partial charge on any atom is 0.239 e. The van der Waals surface area contributed by atoms with Gasteiger partial charge < -0.3 is 5.32 Å². The molecule has 0 bridgehead atoms. The number of amides is 1. The van der Waals surface area contributed by atoms with E-state index in [0.29, 0.717) is 17.4 Å². The molecule has 1 fully saturated rings. The van der Waals surface area contributed by atoms with Crippen LogP contribution >= 0.6 is 11.8 Å². The van der Waals surface area contributed by atoms with E-state index in [9.17, 15) is 4.79 Å². The Labute approximate surface area is 134 Å². The fraction of sp³-hybridized carbons (Fsp3) is 0.235. The summed E-state index contributed by atoms with van der Waals surface area (Å²) in [6, 6.07) is 12.0. The summed E-state index contributed by atoms with van der Waals surface area (Å²) in [4.78, 5) is 20.7. The molecule has 4 nitrogen and oxygen atoms in total. The van der Waals surface area contributed by atoms with Crippen molar-refractivity contribution in [2.45, 2.75) is 25.5 Å². The molecule has 1 aromatic heterocycles. The number of benzene rings is 1. The average molecular weight is 311 g/mol. The van der Waals surface area contributed by atoms with Crippen LogP contribution in [0.3, 0.4) is 0 Å². The van der Waals surface area contributed by atoms with E-state index >= 15 is 0 Å². The van der Waals surface area contributed by atoms with Crippen LogP contribution in [0.1, 0.15) is 16.7 Å². The normalized spacial score (nSPS) is 19.5. The van der Waals surface area contributed by atoms with Gasteiger partial charge in [-0.2, -0.15) is 0 Å². The molecule has 5 heteroatoms. The van der Waals surface area contributed by atoms with Gasteiger partial charge in [-0.15, -0.1) is 0 Å². The number of carbonyl (C=O) groups excluding carboxylic acids is 1. The Kier molecular flexibility index (Phi) is 4.24. The zero-order valence-corrected chi connectivity index (χ0v) is 13.4. The molecule has 1 unspecified atom stereocenters. The smallest absolute Gasteiger partial charge is 0.239 e. The zero-order valence-electron chi connectivity index (χ0n) is 12.5. The molecule has 1 saturated heterocycles. The molecule has 22 heavy (non-hydrogen) atoms. The highest BCUT2D eigenvalue weighted by Crippen LogP contribution is 2.26. The van der Waals surface area contributed by atoms with E-state index in [1.54, 1.807) is 6.20 Å². The lowest BCUT2D eigenvalue weighted by molar-refractivity contribution is -0.118. The van der Waals surface area contributed by atoms with Crippen LogP contribution in [0.4, 0.5) is 5.82 Å². The average Bonchev–Trinajstić information content (AvgIpc) is 2.81. The number of aryl methyl sites for hydroxylation is 2. The second-order valence-electron chi connectivity index (χ2n) is 5.33. The van der Waals surface area contributed by atoms with Crippen LogP contribution in [0.5, 0.6) is 0 Å². The minimum Gasteiger partial charge on any atom is -0.304 e. The third-order valence-electron chi connectivity index (χ3n) is 3.56. The Morgan fingerprint density at radius 2 is 2.09 bits per heavy atom. The number of carbonyl (C=O) groups is 1. The van der Waals surface area contributed by atoms with Crippen molar-refractivity contribution in [3.05, 3.63) is 59.3 Å². The molecule has 2 aromatic rings. The predicted octanol–water partition coefficient (Wildman–Crippen LogP) is 3.16. The van der Waals surface area contributed by atoms with Gasteiger partial charge in [-0.3, -0.25) is 4.79 Å². The van der Waals surface area contributed by atoms with Crippen LogP contribution in [0.15, 0.2) is 47.6 Å². The van der Waals surface area contributed by atoms with Gasteiger partial charge in [-0.05, 0) is 49.1 Å². The molecule has 1 atom stereocenters. The molecule has 1 N–H and O–H groups in total. The Morgan fingerprint density at radius 3 is 2.86 bits per heavy atom. The van der Waals surface area contributed by atoms with Crippen LogP contribution in [0.2, 0.25) is 0 Å². The van der Waals surface area contributed by atoms with Gasteiger partial charge in [-0.25, -0.2) is 9.98 Å². The van der Waals surface area contributed by atoms with Crippen molar-refractivity contribution in [3.8, 4) is 0 Å². The fourth-order valence-corrected chi connectivity index (χ4v) is 3.32. The molecule has 3 rings (SSSR count). The first kappa shape index (κ1) is 14.8. The Balaban J connectivity index is 1.75. The quantitative estimate of drug-likeness (QED) is 0.947. The lowest BCUT2D eigenvalue weighted by Gasteiger charge is -2.08. The first-order valence-electron chi connectivity index (χ1n) is 7.15. The fourth-order valence-electron chi connectivity index (χ4n) is 2.32. The molecule has 0 spiro atoms. The number of hydrogen-bond donors (Lipinski definition) is 1. The lowest BCUT2D eigenvalue weighted by Crippen LogP contribution is -2.26. The second-order valence-corrected chi connectivity index (χ2v) is 6.53. The molecule has 0 radical (unpaired) electrons. The van der Waals surface area contributed by atoms with E-state index in [4.69, 9.17) is 0 Å². The molecular formula is C17H17N3OS. The first-order valence-corrected chi connectivity index (χ1v) is 8.03. The largest absolute Gasteiger partial charge is 0.304 e. The Morgan fingerprint density at radius 1 is 1.27 bits per heavy atom. The van der Waals surface area contributed by atoms with Gasteiger partial charge in [0, 0.05) is 6.20 Å². The summed E-state index contributed by atoms with van der Waals surface area (Å²) in [6.07, 6.45) is 2.43. The Bertz CT molecular complexity index is 742. The monoisotopic (exact) mass is 311 g/mol. The van der Waals surface area contributed by atoms with Crippen LogP contribution in [0.25, 0.3) is 0 Å². The number of aromatic nitrogens is 1. The van der Waals surface area contributed by atoms with Crippen molar-refractivity contribution in [3.63, 3.8) is 0 Å². The highest BCUT2D eigenvalue weighted by atomic mass is 32.2. The molecule has 1 aliphatic rings. The summed E-state index contributed by atoms with van der Waals surface area (Å²) in [5.74, 6) is 0.638. The van der Waals surface area contributed by atoms with Crippen LogP contribution in [-0.4, -0.2) is 21.3 Å². The minimum absolute atomic E-state index is 0.0136. The highest BCUT2D eigenvalue weighted by molar-refractivity contribution is 8.15. The predicted molar refractivity (Wildman–Crippen MR) is 90.5 cm³/mol. The van der Waals surface area contributed by atoms with Crippen molar-refractivity contribution >= 4 is 28.7 Å². The van der Waals surface area contributed by atoms with Gasteiger partial charge in [-0.1, -0.05) is 36.0 Å². The molecule has 0 aliphatic carbocycles. The van der Waals surface area contributed by atoms with Gasteiger partial charge in [0.25, 0.3) is 0 Å². The number of amidine groups is 1. The van der Waals surface area contributed by atoms with E-state index in [1.807, 2.05) is 31.2 Å². The molecule has 1 aliphatic heterocycles. The van der Waals surface area contributed by atoms with E-state index < -0.39 is 0 Å². The highest BCUT2D eigenvalue weighted by Gasteiger charge is 2.30. The standard InChI is InChI=1S/C17H17N3OS/c1-11-7-8-18-15(9-11)19-17-20-16(21)14(22-17)10-13-6-4-3-5-12(13)2/h3-9,14H,10H2,1-2H3,(H,18,19,20,21). The van der Waals surface area contributed by atoms with Crippen molar-refractivity contribution in [2.75, 3.05) is 0 Å². The molecule has 2 heterocycles. The van der Waals surface area contributed by atoms with Gasteiger partial charge >= 0.3 is 0 Å². The zero-order chi connectivity index (χ0) is 15.5. The third-order valence-corrected chi connectivity index (χ3v) is 4.64. The van der Waals surface area contributed by atoms with Crippen molar-refractivity contribution in [1.82, 2.24) is 10.3 Å². The topological polar surface area (TPSA) is 54.4 Å². The van der Waals surface area contributed by atoms with Crippen molar-refractivity contribution in [1.29, 1.82) is 0 Å². The van der Waals surface area contributed by atoms with E-state index in [0.717, 1.165) is 5.56 Å². The number of rotatable bonds is 3. The number of thioether (sulfide) groups is 1. The number of nitrogens with one attached hydrogen (secondary N) is 1. The van der Waals surface area contributed by atoms with Gasteiger partial charge in [0.2, 0.25) is 5.91 Å². The summed E-state index contributed by atoms with van der Waals surface area (Å²) >= 11 is 1.47. The maximum atomic E-state index is 12.1. The summed E-state index contributed by atoms with van der Waals surface area (Å²) in [7, 11) is 0. The molecule has 1 amide bonds. The van der Waals surface area contributed by atoms with E-state index in [2.05, 4.69) is 34.3 Å².